The first kappa shape index (κ1) is 24.6. The minimum absolute atomic E-state index is 0.00893. The van der Waals surface area contributed by atoms with Crippen LogP contribution in [-0.4, -0.2) is 32.1 Å². The number of carboxylic acid groups (broad SMARTS) is 1. The number of nitrogens with one attached hydrogen (secondary N) is 3. The fraction of sp³-hybridized carbons (Fsp3) is 0.0333. The van der Waals surface area contributed by atoms with Gasteiger partial charge in [-0.3, -0.25) is 4.79 Å². The highest BCUT2D eigenvalue weighted by Crippen LogP contribution is 2.35. The van der Waals surface area contributed by atoms with E-state index in [4.69, 9.17) is 9.52 Å². The lowest BCUT2D eigenvalue weighted by Crippen LogP contribution is -2.21. The van der Waals surface area contributed by atoms with Gasteiger partial charge in [0.15, 0.2) is 0 Å². The van der Waals surface area contributed by atoms with Gasteiger partial charge in [0, 0.05) is 33.8 Å². The molecular weight excluding hydrogens is 508 g/mol. The Morgan fingerprint density at radius 3 is 2.45 bits per heavy atom. The number of carbonyl (C=O) groups is 2. The Morgan fingerprint density at radius 1 is 0.825 bits per heavy atom. The second kappa shape index (κ2) is 10.5. The van der Waals surface area contributed by atoms with Gasteiger partial charge in [0.25, 0.3) is 5.91 Å². The zero-order valence-electron chi connectivity index (χ0n) is 21.0. The van der Waals surface area contributed by atoms with Gasteiger partial charge in [-0.25, -0.2) is 19.7 Å². The molecule has 3 aromatic heterocycles. The van der Waals surface area contributed by atoms with Gasteiger partial charge in [0.2, 0.25) is 0 Å². The Bertz CT molecular complexity index is 1870. The van der Waals surface area contributed by atoms with E-state index in [1.807, 2.05) is 60.7 Å². The Kier molecular flexibility index (Phi) is 6.47. The third-order valence-electron chi connectivity index (χ3n) is 6.22. The maximum Gasteiger partial charge on any atom is 0.404 e. The summed E-state index contributed by atoms with van der Waals surface area (Å²) in [5, 5.41) is 19.1. The number of benzene rings is 3. The van der Waals surface area contributed by atoms with Crippen molar-refractivity contribution in [1.29, 1.82) is 0 Å². The van der Waals surface area contributed by atoms with Gasteiger partial charge in [0.05, 0.1) is 17.9 Å². The summed E-state index contributed by atoms with van der Waals surface area (Å²) >= 11 is 0. The lowest BCUT2D eigenvalue weighted by atomic mass is 10.1. The molecule has 2 amide bonds. The summed E-state index contributed by atoms with van der Waals surface area (Å²) in [5.74, 6) is 0.198. The first-order valence-corrected chi connectivity index (χ1v) is 12.4. The predicted octanol–water partition coefficient (Wildman–Crippen LogP) is 6.20. The molecule has 0 fully saturated rings. The number of hydrogen-bond acceptors (Lipinski definition) is 7. The van der Waals surface area contributed by atoms with Gasteiger partial charge in [-0.15, -0.1) is 0 Å². The molecule has 10 nitrogen and oxygen atoms in total. The molecule has 40 heavy (non-hydrogen) atoms. The number of rotatable bonds is 7. The van der Waals surface area contributed by atoms with Gasteiger partial charge in [-0.1, -0.05) is 36.4 Å². The quantitative estimate of drug-likeness (QED) is 0.191. The molecule has 6 aromatic rings. The molecule has 6 rings (SSSR count). The lowest BCUT2D eigenvalue weighted by Gasteiger charge is -2.10. The van der Waals surface area contributed by atoms with Gasteiger partial charge in [0.1, 0.15) is 29.0 Å². The average Bonchev–Trinajstić information content (AvgIpc) is 3.36. The Morgan fingerprint density at radius 2 is 1.60 bits per heavy atom. The van der Waals surface area contributed by atoms with E-state index in [2.05, 4.69) is 30.9 Å². The van der Waals surface area contributed by atoms with Crippen LogP contribution in [0.15, 0.2) is 102 Å². The highest BCUT2D eigenvalue weighted by atomic mass is 16.4. The third kappa shape index (κ3) is 5.14. The van der Waals surface area contributed by atoms with Crippen LogP contribution in [0.1, 0.15) is 16.2 Å². The number of aromatic nitrogens is 3. The standard InChI is InChI=1S/C30H22N6O4/c37-29(24-9-3-5-20(34-24)16-31-30(38)39)36-19-13-11-18(12-14-19)35-27-15-25(32-17-33-27)23-8-4-7-22-21-6-1-2-10-26(21)40-28(22)23/h1-15,17,31H,16H2,(H,36,37)(H,38,39)(H,32,33,35). The van der Waals surface area contributed by atoms with Crippen LogP contribution in [0.3, 0.4) is 0 Å². The summed E-state index contributed by atoms with van der Waals surface area (Å²) < 4.78 is 6.15. The lowest BCUT2D eigenvalue weighted by molar-refractivity contribution is 0.102. The van der Waals surface area contributed by atoms with E-state index >= 15 is 0 Å². The number of hydrogen-bond donors (Lipinski definition) is 4. The molecule has 0 aliphatic heterocycles. The van der Waals surface area contributed by atoms with Crippen molar-refractivity contribution in [3.8, 4) is 11.3 Å². The number of pyridine rings is 1. The molecule has 0 radical (unpaired) electrons. The fourth-order valence-corrected chi connectivity index (χ4v) is 4.37. The summed E-state index contributed by atoms with van der Waals surface area (Å²) in [7, 11) is 0. The minimum Gasteiger partial charge on any atom is -0.465 e. The number of furan rings is 1. The van der Waals surface area contributed by atoms with E-state index in [0.29, 0.717) is 17.2 Å². The number of para-hydroxylation sites is 2. The largest absolute Gasteiger partial charge is 0.465 e. The van der Waals surface area contributed by atoms with Crippen molar-refractivity contribution in [3.63, 3.8) is 0 Å². The van der Waals surface area contributed by atoms with Gasteiger partial charge >= 0.3 is 6.09 Å². The van der Waals surface area contributed by atoms with Crippen LogP contribution in [0, 0.1) is 0 Å². The molecule has 0 saturated carbocycles. The number of anilines is 3. The van der Waals surface area contributed by atoms with Crippen LogP contribution in [0.5, 0.6) is 0 Å². The number of fused-ring (bicyclic) bond motifs is 3. The Balaban J connectivity index is 1.16. The van der Waals surface area contributed by atoms with E-state index in [-0.39, 0.29) is 12.2 Å². The molecule has 0 atom stereocenters. The first-order chi connectivity index (χ1) is 19.5. The molecule has 3 aromatic carbocycles. The second-order valence-corrected chi connectivity index (χ2v) is 8.90. The summed E-state index contributed by atoms with van der Waals surface area (Å²) in [5.41, 5.74) is 5.15. The van der Waals surface area contributed by atoms with Crippen LogP contribution in [0.2, 0.25) is 0 Å². The highest BCUT2D eigenvalue weighted by Gasteiger charge is 2.14. The van der Waals surface area contributed by atoms with Crippen LogP contribution >= 0.6 is 0 Å². The second-order valence-electron chi connectivity index (χ2n) is 8.90. The summed E-state index contributed by atoms with van der Waals surface area (Å²) in [6.45, 7) is 0.00893. The van der Waals surface area contributed by atoms with Crippen molar-refractivity contribution in [2.75, 3.05) is 10.6 Å². The van der Waals surface area contributed by atoms with E-state index < -0.39 is 12.0 Å². The van der Waals surface area contributed by atoms with Crippen molar-refractivity contribution in [3.05, 3.63) is 109 Å². The maximum atomic E-state index is 12.7. The summed E-state index contributed by atoms with van der Waals surface area (Å²) in [6.07, 6.45) is 0.341. The topological polar surface area (TPSA) is 142 Å². The Hall–Kier alpha value is -5.77. The zero-order valence-corrected chi connectivity index (χ0v) is 21.0. The molecule has 4 N–H and O–H groups in total. The minimum atomic E-state index is -1.16. The SMILES string of the molecule is O=C(O)NCc1cccc(C(=O)Nc2ccc(Nc3cc(-c4cccc5c4oc4ccccc45)ncn3)cc2)n1. The van der Waals surface area contributed by atoms with Crippen molar-refractivity contribution in [1.82, 2.24) is 20.3 Å². The third-order valence-corrected chi connectivity index (χ3v) is 6.22. The van der Waals surface area contributed by atoms with E-state index in [0.717, 1.165) is 38.9 Å². The molecule has 0 spiro atoms. The van der Waals surface area contributed by atoms with E-state index in [9.17, 15) is 9.59 Å². The predicted molar refractivity (Wildman–Crippen MR) is 152 cm³/mol. The molecule has 10 heteroatoms. The van der Waals surface area contributed by atoms with Gasteiger partial charge in [-0.05, 0) is 48.5 Å². The number of nitrogens with zero attached hydrogens (tertiary/aromatic N) is 3. The Labute approximate surface area is 227 Å². The number of carbonyl (C=O) groups excluding carboxylic acids is 1. The van der Waals surface area contributed by atoms with Crippen molar-refractivity contribution < 1.29 is 19.1 Å². The van der Waals surface area contributed by atoms with Crippen molar-refractivity contribution in [2.24, 2.45) is 0 Å². The van der Waals surface area contributed by atoms with E-state index in [1.54, 1.807) is 30.3 Å². The molecule has 0 aliphatic rings. The normalized spacial score (nSPS) is 10.9. The molecule has 196 valence electrons. The fourth-order valence-electron chi connectivity index (χ4n) is 4.37. The summed E-state index contributed by atoms with van der Waals surface area (Å²) in [6, 6.07) is 27.8. The molecule has 0 bridgehead atoms. The van der Waals surface area contributed by atoms with Crippen molar-refractivity contribution >= 4 is 51.1 Å². The maximum absolute atomic E-state index is 12.7. The highest BCUT2D eigenvalue weighted by molar-refractivity contribution is 6.09. The van der Waals surface area contributed by atoms with E-state index in [1.165, 1.54) is 6.33 Å². The molecular formula is C30H22N6O4. The molecule has 0 saturated heterocycles. The molecule has 3 heterocycles. The van der Waals surface area contributed by atoms with Crippen LogP contribution in [0.25, 0.3) is 33.2 Å². The smallest absolute Gasteiger partial charge is 0.404 e. The van der Waals surface area contributed by atoms with Crippen LogP contribution in [-0.2, 0) is 6.54 Å². The average molecular weight is 531 g/mol. The van der Waals surface area contributed by atoms with Crippen LogP contribution in [0.4, 0.5) is 22.0 Å². The monoisotopic (exact) mass is 530 g/mol. The summed E-state index contributed by atoms with van der Waals surface area (Å²) in [4.78, 5) is 36.4. The molecule has 0 aliphatic carbocycles. The van der Waals surface area contributed by atoms with Crippen LogP contribution < -0.4 is 16.0 Å². The molecule has 0 unspecified atom stereocenters. The van der Waals surface area contributed by atoms with Gasteiger partial charge < -0.3 is 25.5 Å². The van der Waals surface area contributed by atoms with Crippen molar-refractivity contribution in [2.45, 2.75) is 6.54 Å². The number of amides is 2. The first-order valence-electron chi connectivity index (χ1n) is 12.4. The van der Waals surface area contributed by atoms with Gasteiger partial charge in [-0.2, -0.15) is 0 Å². The zero-order chi connectivity index (χ0) is 27.5.